The average molecular weight is 282 g/mol. The predicted octanol–water partition coefficient (Wildman–Crippen LogP) is 1.34. The maximum Gasteiger partial charge on any atom is 0.152 e. The molecule has 1 aliphatic heterocycles. The lowest BCUT2D eigenvalue weighted by molar-refractivity contribution is 0.600. The van der Waals surface area contributed by atoms with Crippen molar-refractivity contribution in [3.05, 3.63) is 29.3 Å². The summed E-state index contributed by atoms with van der Waals surface area (Å²) in [5.41, 5.74) is 3.57. The van der Waals surface area contributed by atoms with Crippen molar-refractivity contribution >= 4 is 15.5 Å². The van der Waals surface area contributed by atoms with Gasteiger partial charge in [-0.3, -0.25) is 0 Å². The van der Waals surface area contributed by atoms with Gasteiger partial charge < -0.3 is 10.2 Å². The smallest absolute Gasteiger partial charge is 0.152 e. The maximum atomic E-state index is 11.6. The van der Waals surface area contributed by atoms with Gasteiger partial charge >= 0.3 is 0 Å². The molecular formula is C14H22N2O2S. The Morgan fingerprint density at radius 2 is 2.16 bits per heavy atom. The summed E-state index contributed by atoms with van der Waals surface area (Å²) in [6, 6.07) is 6.43. The van der Waals surface area contributed by atoms with Crippen LogP contribution in [0.25, 0.3) is 0 Å². The fraction of sp³-hybridized carbons (Fsp3) is 0.571. The molecule has 1 N–H and O–H groups in total. The number of anilines is 1. The number of aryl methyl sites for hydroxylation is 1. The van der Waals surface area contributed by atoms with Gasteiger partial charge in [-0.25, -0.2) is 8.42 Å². The fourth-order valence-electron chi connectivity index (χ4n) is 2.67. The molecule has 1 heterocycles. The number of nitrogens with one attached hydrogen (secondary N) is 1. The Kier molecular flexibility index (Phi) is 4.16. The zero-order chi connectivity index (χ0) is 14.0. The summed E-state index contributed by atoms with van der Waals surface area (Å²) in [5.74, 6) is 0.589. The molecule has 0 bridgehead atoms. The van der Waals surface area contributed by atoms with Gasteiger partial charge in [-0.15, -0.1) is 0 Å². The molecule has 4 nitrogen and oxygen atoms in total. The Labute approximate surface area is 115 Å². The number of hydrogen-bond acceptors (Lipinski definition) is 4. The molecule has 1 aromatic rings. The highest BCUT2D eigenvalue weighted by Gasteiger charge is 2.31. The first-order valence-corrected chi connectivity index (χ1v) is 8.42. The summed E-state index contributed by atoms with van der Waals surface area (Å²) in [7, 11) is 1.08. The van der Waals surface area contributed by atoms with Crippen molar-refractivity contribution in [2.75, 3.05) is 30.5 Å². The topological polar surface area (TPSA) is 49.4 Å². The van der Waals surface area contributed by atoms with Crippen molar-refractivity contribution in [3.63, 3.8) is 0 Å². The molecule has 0 amide bonds. The predicted molar refractivity (Wildman–Crippen MR) is 79.4 cm³/mol. The third-order valence-corrected chi connectivity index (χ3v) is 5.49. The van der Waals surface area contributed by atoms with E-state index in [9.17, 15) is 8.42 Å². The van der Waals surface area contributed by atoms with E-state index in [2.05, 4.69) is 35.3 Å². The van der Waals surface area contributed by atoms with E-state index in [0.29, 0.717) is 5.75 Å². The number of rotatable bonds is 4. The summed E-state index contributed by atoms with van der Waals surface area (Å²) in [5, 5.41) is 3.17. The minimum Gasteiger partial charge on any atom is -0.370 e. The van der Waals surface area contributed by atoms with Crippen LogP contribution in [0.3, 0.4) is 0 Å². The van der Waals surface area contributed by atoms with Crippen molar-refractivity contribution in [3.8, 4) is 0 Å². The van der Waals surface area contributed by atoms with Crippen molar-refractivity contribution in [1.82, 2.24) is 5.32 Å². The maximum absolute atomic E-state index is 11.6. The molecule has 1 aliphatic rings. The van der Waals surface area contributed by atoms with Crippen LogP contribution in [0.15, 0.2) is 18.2 Å². The molecule has 1 fully saturated rings. The first-order valence-electron chi connectivity index (χ1n) is 6.60. The van der Waals surface area contributed by atoms with E-state index < -0.39 is 9.84 Å². The van der Waals surface area contributed by atoms with E-state index in [-0.39, 0.29) is 11.8 Å². The van der Waals surface area contributed by atoms with Gasteiger partial charge in [0, 0.05) is 25.3 Å². The Morgan fingerprint density at radius 1 is 1.42 bits per heavy atom. The normalized spacial score (nSPS) is 21.5. The Bertz CT molecular complexity index is 555. The summed E-state index contributed by atoms with van der Waals surface area (Å²) in [6.45, 7) is 2.86. The van der Waals surface area contributed by atoms with Crippen molar-refractivity contribution < 1.29 is 8.42 Å². The first kappa shape index (κ1) is 14.3. The lowest BCUT2D eigenvalue weighted by Gasteiger charge is -2.28. The fourth-order valence-corrected chi connectivity index (χ4v) is 4.44. The molecule has 5 heteroatoms. The third kappa shape index (κ3) is 3.28. The monoisotopic (exact) mass is 282 g/mol. The van der Waals surface area contributed by atoms with E-state index in [1.165, 1.54) is 11.1 Å². The molecule has 106 valence electrons. The summed E-state index contributed by atoms with van der Waals surface area (Å²) >= 11 is 0. The van der Waals surface area contributed by atoms with Crippen LogP contribution in [-0.2, 0) is 16.4 Å². The highest BCUT2D eigenvalue weighted by molar-refractivity contribution is 7.91. The zero-order valence-corrected chi connectivity index (χ0v) is 12.6. The standard InChI is InChI=1S/C14H22N2O2S/c1-11-4-5-14(12(8-11)9-15-2)16(3)13-6-7-19(17,18)10-13/h4-5,8,13,15H,6-7,9-10H2,1-3H3. The second kappa shape index (κ2) is 5.51. The molecule has 0 saturated carbocycles. The van der Waals surface area contributed by atoms with Crippen LogP contribution in [0, 0.1) is 6.92 Å². The van der Waals surface area contributed by atoms with Gasteiger partial charge in [0.25, 0.3) is 0 Å². The molecule has 0 radical (unpaired) electrons. The Balaban J connectivity index is 2.26. The molecule has 1 saturated heterocycles. The second-order valence-corrected chi connectivity index (χ2v) is 7.56. The van der Waals surface area contributed by atoms with Crippen LogP contribution in [-0.4, -0.2) is 40.1 Å². The Hall–Kier alpha value is -1.07. The number of hydrogen-bond donors (Lipinski definition) is 1. The molecular weight excluding hydrogens is 260 g/mol. The highest BCUT2D eigenvalue weighted by atomic mass is 32.2. The quantitative estimate of drug-likeness (QED) is 0.905. The lowest BCUT2D eigenvalue weighted by atomic mass is 10.1. The number of benzene rings is 1. The van der Waals surface area contributed by atoms with E-state index >= 15 is 0 Å². The molecule has 1 unspecified atom stereocenters. The molecule has 2 rings (SSSR count). The molecule has 1 atom stereocenters. The minimum atomic E-state index is -2.84. The van der Waals surface area contributed by atoms with Crippen molar-refractivity contribution in [2.45, 2.75) is 25.9 Å². The van der Waals surface area contributed by atoms with Gasteiger partial charge in [-0.1, -0.05) is 17.7 Å². The van der Waals surface area contributed by atoms with Gasteiger partial charge in [0.2, 0.25) is 0 Å². The van der Waals surface area contributed by atoms with Gasteiger partial charge in [0.05, 0.1) is 11.5 Å². The first-order chi connectivity index (χ1) is 8.93. The van der Waals surface area contributed by atoms with Crippen LogP contribution in [0.4, 0.5) is 5.69 Å². The van der Waals surface area contributed by atoms with Crippen LogP contribution in [0.1, 0.15) is 17.5 Å². The van der Waals surface area contributed by atoms with E-state index in [0.717, 1.165) is 18.7 Å². The largest absolute Gasteiger partial charge is 0.370 e. The average Bonchev–Trinajstić information content (AvgIpc) is 2.70. The third-order valence-electron chi connectivity index (χ3n) is 3.74. The van der Waals surface area contributed by atoms with Gasteiger partial charge in [0.1, 0.15) is 0 Å². The van der Waals surface area contributed by atoms with Crippen molar-refractivity contribution in [2.24, 2.45) is 0 Å². The van der Waals surface area contributed by atoms with Crippen LogP contribution in [0.5, 0.6) is 0 Å². The number of nitrogens with zero attached hydrogens (tertiary/aromatic N) is 1. The van der Waals surface area contributed by atoms with E-state index in [1.54, 1.807) is 0 Å². The molecule has 19 heavy (non-hydrogen) atoms. The van der Waals surface area contributed by atoms with Crippen LogP contribution in [0.2, 0.25) is 0 Å². The molecule has 0 aliphatic carbocycles. The zero-order valence-electron chi connectivity index (χ0n) is 11.8. The van der Waals surface area contributed by atoms with E-state index in [1.807, 2.05) is 14.1 Å². The van der Waals surface area contributed by atoms with Crippen molar-refractivity contribution in [1.29, 1.82) is 0 Å². The minimum absolute atomic E-state index is 0.100. The van der Waals surface area contributed by atoms with E-state index in [4.69, 9.17) is 0 Å². The molecule has 0 spiro atoms. The van der Waals surface area contributed by atoms with Crippen LogP contribution < -0.4 is 10.2 Å². The Morgan fingerprint density at radius 3 is 2.74 bits per heavy atom. The van der Waals surface area contributed by atoms with Crippen LogP contribution >= 0.6 is 0 Å². The summed E-state index contributed by atoms with van der Waals surface area (Å²) in [6.07, 6.45) is 0.728. The van der Waals surface area contributed by atoms with Gasteiger partial charge in [-0.2, -0.15) is 0 Å². The number of sulfone groups is 1. The SMILES string of the molecule is CNCc1cc(C)ccc1N(C)C1CCS(=O)(=O)C1. The summed E-state index contributed by atoms with van der Waals surface area (Å²) in [4.78, 5) is 2.12. The lowest BCUT2D eigenvalue weighted by Crippen LogP contribution is -2.33. The van der Waals surface area contributed by atoms with Gasteiger partial charge in [0.15, 0.2) is 9.84 Å². The van der Waals surface area contributed by atoms with Gasteiger partial charge in [-0.05, 0) is 32.0 Å². The highest BCUT2D eigenvalue weighted by Crippen LogP contribution is 2.26. The molecule has 1 aromatic carbocycles. The molecule has 0 aromatic heterocycles. The summed E-state index contributed by atoms with van der Waals surface area (Å²) < 4.78 is 23.2. The second-order valence-electron chi connectivity index (χ2n) is 5.33.